The van der Waals surface area contributed by atoms with E-state index < -0.39 is 0 Å². The molecule has 62 valence electrons. The number of isocyanates is 1. The highest BCUT2D eigenvalue weighted by atomic mass is 16.1. The summed E-state index contributed by atoms with van der Waals surface area (Å²) in [4.78, 5) is 19.4. The molecule has 1 aromatic heterocycles. The highest BCUT2D eigenvalue weighted by Gasteiger charge is 2.02. The minimum Gasteiger partial charge on any atom is -0.361 e. The lowest BCUT2D eigenvalue weighted by molar-refractivity contribution is 0.565. The van der Waals surface area contributed by atoms with Crippen molar-refractivity contribution in [2.24, 2.45) is 4.99 Å². The molecule has 0 bridgehead atoms. The lowest BCUT2D eigenvalue weighted by Gasteiger charge is -2.11. The molecule has 1 heterocycles. The zero-order valence-corrected chi connectivity index (χ0v) is 6.98. The van der Waals surface area contributed by atoms with E-state index in [0.29, 0.717) is 11.5 Å². The normalized spacial score (nSPS) is 8.83. The number of aliphatic imine (C=N–C) groups is 1. The first-order chi connectivity index (χ1) is 5.75. The molecule has 1 aromatic rings. The highest BCUT2D eigenvalue weighted by molar-refractivity contribution is 5.64. The summed E-state index contributed by atoms with van der Waals surface area (Å²) in [6.45, 7) is 0. The van der Waals surface area contributed by atoms with Crippen molar-refractivity contribution < 1.29 is 4.79 Å². The molecular weight excluding hydrogens is 154 g/mol. The Morgan fingerprint density at radius 2 is 2.33 bits per heavy atom. The number of hydrogen-bond donors (Lipinski definition) is 0. The van der Waals surface area contributed by atoms with Crippen LogP contribution in [0, 0.1) is 0 Å². The number of rotatable bonds is 2. The molecule has 0 N–H and O–H groups in total. The van der Waals surface area contributed by atoms with E-state index in [4.69, 9.17) is 0 Å². The van der Waals surface area contributed by atoms with Gasteiger partial charge in [-0.3, -0.25) is 0 Å². The van der Waals surface area contributed by atoms with Gasteiger partial charge in [-0.15, -0.1) is 0 Å². The largest absolute Gasteiger partial charge is 0.361 e. The zero-order chi connectivity index (χ0) is 8.97. The third kappa shape index (κ3) is 1.68. The fraction of sp³-hybridized carbons (Fsp3) is 0.250. The van der Waals surface area contributed by atoms with Gasteiger partial charge in [0.05, 0.1) is 0 Å². The van der Waals surface area contributed by atoms with Crippen LogP contribution < -0.4 is 4.90 Å². The van der Waals surface area contributed by atoms with Gasteiger partial charge in [-0.25, -0.2) is 9.78 Å². The Hall–Kier alpha value is -1.67. The van der Waals surface area contributed by atoms with Gasteiger partial charge >= 0.3 is 0 Å². The lowest BCUT2D eigenvalue weighted by Crippen LogP contribution is -2.10. The third-order valence-corrected chi connectivity index (χ3v) is 1.36. The smallest absolute Gasteiger partial charge is 0.240 e. The minimum absolute atomic E-state index is 0.539. The summed E-state index contributed by atoms with van der Waals surface area (Å²) >= 11 is 0. The van der Waals surface area contributed by atoms with E-state index in [0.717, 1.165) is 0 Å². The molecule has 0 aliphatic carbocycles. The first-order valence-corrected chi connectivity index (χ1v) is 3.46. The van der Waals surface area contributed by atoms with Crippen LogP contribution in [0.2, 0.25) is 0 Å². The standard InChI is InChI=1S/C8H9N3O/c1-11(2)8-7(10-6-12)4-3-5-9-8/h3-5H,1-2H3. The van der Waals surface area contributed by atoms with Crippen LogP contribution in [0.15, 0.2) is 23.3 Å². The van der Waals surface area contributed by atoms with E-state index >= 15 is 0 Å². The maximum Gasteiger partial charge on any atom is 0.240 e. The van der Waals surface area contributed by atoms with Crippen LogP contribution in [-0.2, 0) is 4.79 Å². The van der Waals surface area contributed by atoms with Crippen molar-refractivity contribution in [1.29, 1.82) is 0 Å². The molecule has 1 rings (SSSR count). The number of aromatic nitrogens is 1. The number of pyridine rings is 1. The fourth-order valence-electron chi connectivity index (χ4n) is 0.869. The minimum atomic E-state index is 0.539. The summed E-state index contributed by atoms with van der Waals surface area (Å²) in [7, 11) is 3.68. The molecule has 0 aromatic carbocycles. The van der Waals surface area contributed by atoms with Gasteiger partial charge in [0.2, 0.25) is 6.08 Å². The molecule has 4 heteroatoms. The van der Waals surface area contributed by atoms with E-state index in [1.54, 1.807) is 23.2 Å². The molecule has 0 aliphatic rings. The summed E-state index contributed by atoms with van der Waals surface area (Å²) in [5, 5.41) is 0. The molecule has 0 amide bonds. The van der Waals surface area contributed by atoms with Crippen LogP contribution >= 0.6 is 0 Å². The van der Waals surface area contributed by atoms with Gasteiger partial charge in [0.1, 0.15) is 5.69 Å². The van der Waals surface area contributed by atoms with E-state index in [1.807, 2.05) is 14.1 Å². The summed E-state index contributed by atoms with van der Waals surface area (Å²) in [5.41, 5.74) is 0.539. The molecule has 0 saturated heterocycles. The quantitative estimate of drug-likeness (QED) is 0.484. The molecule has 0 saturated carbocycles. The van der Waals surface area contributed by atoms with Gasteiger partial charge in [-0.2, -0.15) is 4.99 Å². The number of nitrogens with zero attached hydrogens (tertiary/aromatic N) is 3. The van der Waals surface area contributed by atoms with Crippen molar-refractivity contribution in [2.45, 2.75) is 0 Å². The van der Waals surface area contributed by atoms with Gasteiger partial charge in [0.15, 0.2) is 5.82 Å². The van der Waals surface area contributed by atoms with Crippen molar-refractivity contribution in [3.63, 3.8) is 0 Å². The van der Waals surface area contributed by atoms with Crippen molar-refractivity contribution in [2.75, 3.05) is 19.0 Å². The van der Waals surface area contributed by atoms with E-state index in [-0.39, 0.29) is 0 Å². The Labute approximate surface area is 70.6 Å². The number of carbonyl (C=O) groups excluding carboxylic acids is 1. The molecule has 0 fully saturated rings. The van der Waals surface area contributed by atoms with Crippen LogP contribution in [0.5, 0.6) is 0 Å². The monoisotopic (exact) mass is 163 g/mol. The highest BCUT2D eigenvalue weighted by Crippen LogP contribution is 2.22. The molecule has 0 atom stereocenters. The number of hydrogen-bond acceptors (Lipinski definition) is 4. The first kappa shape index (κ1) is 8.43. The molecule has 0 radical (unpaired) electrons. The third-order valence-electron chi connectivity index (χ3n) is 1.36. The average molecular weight is 163 g/mol. The second-order valence-corrected chi connectivity index (χ2v) is 2.44. The van der Waals surface area contributed by atoms with Gasteiger partial charge in [0, 0.05) is 20.3 Å². The lowest BCUT2D eigenvalue weighted by atomic mass is 10.4. The first-order valence-electron chi connectivity index (χ1n) is 3.46. The summed E-state index contributed by atoms with van der Waals surface area (Å²) in [6.07, 6.45) is 3.14. The Kier molecular flexibility index (Phi) is 2.56. The van der Waals surface area contributed by atoms with Crippen molar-refractivity contribution in [1.82, 2.24) is 4.98 Å². The van der Waals surface area contributed by atoms with Crippen LogP contribution in [0.4, 0.5) is 11.5 Å². The summed E-state index contributed by atoms with van der Waals surface area (Å²) < 4.78 is 0. The Morgan fingerprint density at radius 1 is 1.58 bits per heavy atom. The van der Waals surface area contributed by atoms with Gasteiger partial charge in [0.25, 0.3) is 0 Å². The second-order valence-electron chi connectivity index (χ2n) is 2.44. The Bertz CT molecular complexity index is 316. The zero-order valence-electron chi connectivity index (χ0n) is 6.98. The van der Waals surface area contributed by atoms with Crippen molar-refractivity contribution >= 4 is 17.6 Å². The van der Waals surface area contributed by atoms with Gasteiger partial charge in [-0.05, 0) is 12.1 Å². The Balaban J connectivity index is 3.17. The number of anilines is 1. The van der Waals surface area contributed by atoms with Crippen molar-refractivity contribution in [3.05, 3.63) is 18.3 Å². The maximum absolute atomic E-state index is 10.0. The topological polar surface area (TPSA) is 45.6 Å². The van der Waals surface area contributed by atoms with Crippen LogP contribution in [0.25, 0.3) is 0 Å². The van der Waals surface area contributed by atoms with Gasteiger partial charge < -0.3 is 4.90 Å². The molecule has 12 heavy (non-hydrogen) atoms. The van der Waals surface area contributed by atoms with E-state index in [2.05, 4.69) is 9.98 Å². The Morgan fingerprint density at radius 3 is 2.92 bits per heavy atom. The molecule has 0 unspecified atom stereocenters. The van der Waals surface area contributed by atoms with Gasteiger partial charge in [-0.1, -0.05) is 0 Å². The molecule has 4 nitrogen and oxygen atoms in total. The molecular formula is C8H9N3O. The second kappa shape index (κ2) is 3.64. The SMILES string of the molecule is CN(C)c1ncccc1N=C=O. The summed E-state index contributed by atoms with van der Waals surface area (Å²) in [5.74, 6) is 0.667. The summed E-state index contributed by atoms with van der Waals surface area (Å²) in [6, 6.07) is 3.44. The molecule has 0 aliphatic heterocycles. The van der Waals surface area contributed by atoms with E-state index in [9.17, 15) is 4.79 Å². The molecule has 0 spiro atoms. The van der Waals surface area contributed by atoms with E-state index in [1.165, 1.54) is 6.08 Å². The van der Waals surface area contributed by atoms with Crippen LogP contribution in [0.1, 0.15) is 0 Å². The predicted octanol–water partition coefficient (Wildman–Crippen LogP) is 1.11. The fourth-order valence-corrected chi connectivity index (χ4v) is 0.869. The predicted molar refractivity (Wildman–Crippen MR) is 46.3 cm³/mol. The average Bonchev–Trinajstić information content (AvgIpc) is 2.05. The van der Waals surface area contributed by atoms with Crippen LogP contribution in [0.3, 0.4) is 0 Å². The van der Waals surface area contributed by atoms with Crippen LogP contribution in [-0.4, -0.2) is 25.2 Å². The maximum atomic E-state index is 10.0. The van der Waals surface area contributed by atoms with Crippen molar-refractivity contribution in [3.8, 4) is 0 Å².